The van der Waals surface area contributed by atoms with E-state index in [2.05, 4.69) is 25.6 Å². The summed E-state index contributed by atoms with van der Waals surface area (Å²) in [4.78, 5) is 34.0. The number of anilines is 1. The second-order valence-electron chi connectivity index (χ2n) is 6.51. The van der Waals surface area contributed by atoms with Crippen molar-refractivity contribution in [2.24, 2.45) is 0 Å². The van der Waals surface area contributed by atoms with Gasteiger partial charge in [0.05, 0.1) is 12.2 Å². The van der Waals surface area contributed by atoms with Gasteiger partial charge in [-0.3, -0.25) is 14.6 Å². The predicted octanol–water partition coefficient (Wildman–Crippen LogP) is 2.98. The highest BCUT2D eigenvalue weighted by Crippen LogP contribution is 2.35. The van der Waals surface area contributed by atoms with Crippen LogP contribution in [0.5, 0.6) is 0 Å². The number of aromatic nitrogens is 3. The van der Waals surface area contributed by atoms with E-state index in [-0.39, 0.29) is 29.5 Å². The molecule has 156 valence electrons. The van der Waals surface area contributed by atoms with Crippen molar-refractivity contribution in [3.05, 3.63) is 64.3 Å². The maximum absolute atomic E-state index is 13.4. The van der Waals surface area contributed by atoms with Gasteiger partial charge in [0.15, 0.2) is 5.69 Å². The first-order chi connectivity index (χ1) is 14.2. The first-order valence-corrected chi connectivity index (χ1v) is 8.87. The average molecular weight is 417 g/mol. The third-order valence-electron chi connectivity index (χ3n) is 4.23. The molecule has 10 heteroatoms. The number of likely N-dealkylation sites (N-methyl/N-ethyl adjacent to an activating group) is 1. The molecule has 3 heterocycles. The molecule has 1 amide bonds. The molecular weight excluding hydrogens is 399 g/mol. The molecule has 3 N–H and O–H groups in total. The molecule has 0 saturated heterocycles. The molecule has 7 nitrogen and oxygen atoms in total. The largest absolute Gasteiger partial charge is 0.434 e. The fourth-order valence-corrected chi connectivity index (χ4v) is 2.94. The number of rotatable bonds is 5. The van der Waals surface area contributed by atoms with Crippen molar-refractivity contribution in [3.63, 3.8) is 0 Å². The highest BCUT2D eigenvalue weighted by atomic mass is 19.4. The summed E-state index contributed by atoms with van der Waals surface area (Å²) >= 11 is 0. The standard InChI is InChI=1S/C20H18F3N5O2/c1-11-9-26-16(28-18(30)10-24-2)8-14(11)12-6-15(27-17(29)7-12)13-4-3-5-25-19(13)20(21,22)23/h3-9,24H,10H2,1-2H3,(H,27,29)(H,26,28,30). The third-order valence-corrected chi connectivity index (χ3v) is 4.23. The highest BCUT2D eigenvalue weighted by Gasteiger charge is 2.35. The Morgan fingerprint density at radius 3 is 2.63 bits per heavy atom. The number of aromatic amines is 1. The Kier molecular flexibility index (Phi) is 5.97. The van der Waals surface area contributed by atoms with Crippen molar-refractivity contribution < 1.29 is 18.0 Å². The second-order valence-corrected chi connectivity index (χ2v) is 6.51. The molecule has 0 unspecified atom stereocenters. The number of nitrogens with one attached hydrogen (secondary N) is 3. The summed E-state index contributed by atoms with van der Waals surface area (Å²) < 4.78 is 40.1. The van der Waals surface area contributed by atoms with E-state index in [1.54, 1.807) is 20.0 Å². The lowest BCUT2D eigenvalue weighted by Crippen LogP contribution is -2.25. The van der Waals surface area contributed by atoms with Crippen LogP contribution in [0.3, 0.4) is 0 Å². The van der Waals surface area contributed by atoms with Crippen molar-refractivity contribution in [3.8, 4) is 22.4 Å². The lowest BCUT2D eigenvalue weighted by molar-refractivity contribution is -0.140. The van der Waals surface area contributed by atoms with Gasteiger partial charge in [0.1, 0.15) is 5.82 Å². The quantitative estimate of drug-likeness (QED) is 0.593. The van der Waals surface area contributed by atoms with E-state index >= 15 is 0 Å². The number of hydrogen-bond acceptors (Lipinski definition) is 5. The highest BCUT2D eigenvalue weighted by molar-refractivity contribution is 5.92. The van der Waals surface area contributed by atoms with Crippen LogP contribution in [0, 0.1) is 6.92 Å². The molecule has 0 aromatic carbocycles. The number of H-pyrrole nitrogens is 1. The summed E-state index contributed by atoms with van der Waals surface area (Å²) in [5, 5.41) is 5.33. The summed E-state index contributed by atoms with van der Waals surface area (Å²) in [6.45, 7) is 1.83. The molecule has 3 aromatic heterocycles. The van der Waals surface area contributed by atoms with E-state index in [1.807, 2.05) is 0 Å². The Labute approximate surface area is 169 Å². The summed E-state index contributed by atoms with van der Waals surface area (Å²) in [7, 11) is 1.62. The number of alkyl halides is 3. The van der Waals surface area contributed by atoms with Crippen LogP contribution < -0.4 is 16.2 Å². The Morgan fingerprint density at radius 2 is 1.93 bits per heavy atom. The van der Waals surface area contributed by atoms with Crippen LogP contribution in [0.4, 0.5) is 19.0 Å². The molecule has 0 aliphatic rings. The minimum absolute atomic E-state index is 0.0186. The van der Waals surface area contributed by atoms with Gasteiger partial charge in [-0.1, -0.05) is 0 Å². The van der Waals surface area contributed by atoms with Gasteiger partial charge < -0.3 is 15.6 Å². The normalized spacial score (nSPS) is 11.4. The molecule has 3 aromatic rings. The van der Waals surface area contributed by atoms with Gasteiger partial charge in [-0.15, -0.1) is 0 Å². The number of halogens is 3. The Morgan fingerprint density at radius 1 is 1.17 bits per heavy atom. The van der Waals surface area contributed by atoms with E-state index in [1.165, 1.54) is 30.5 Å². The summed E-state index contributed by atoms with van der Waals surface area (Å²) in [6, 6.07) is 6.88. The minimum Gasteiger partial charge on any atom is -0.322 e. The van der Waals surface area contributed by atoms with E-state index < -0.39 is 17.4 Å². The number of pyridine rings is 3. The molecule has 30 heavy (non-hydrogen) atoms. The average Bonchev–Trinajstić information content (AvgIpc) is 2.68. The van der Waals surface area contributed by atoms with Crippen LogP contribution in [0.25, 0.3) is 22.4 Å². The monoisotopic (exact) mass is 417 g/mol. The van der Waals surface area contributed by atoms with Crippen molar-refractivity contribution in [2.75, 3.05) is 18.9 Å². The summed E-state index contributed by atoms with van der Waals surface area (Å²) in [5.74, 6) is -0.0494. The minimum atomic E-state index is -4.68. The predicted molar refractivity (Wildman–Crippen MR) is 106 cm³/mol. The number of amides is 1. The maximum Gasteiger partial charge on any atom is 0.434 e. The zero-order valence-electron chi connectivity index (χ0n) is 16.1. The molecule has 0 aliphatic heterocycles. The van der Waals surface area contributed by atoms with Crippen molar-refractivity contribution in [2.45, 2.75) is 13.1 Å². The van der Waals surface area contributed by atoms with Crippen molar-refractivity contribution in [1.29, 1.82) is 0 Å². The lowest BCUT2D eigenvalue weighted by atomic mass is 10.00. The molecule has 0 spiro atoms. The van der Waals surface area contributed by atoms with Gasteiger partial charge in [-0.2, -0.15) is 13.2 Å². The van der Waals surface area contributed by atoms with E-state index in [0.29, 0.717) is 16.7 Å². The van der Waals surface area contributed by atoms with Gasteiger partial charge >= 0.3 is 6.18 Å². The molecule has 0 atom stereocenters. The van der Waals surface area contributed by atoms with Gasteiger partial charge in [0, 0.05) is 24.0 Å². The second kappa shape index (κ2) is 8.46. The van der Waals surface area contributed by atoms with Crippen LogP contribution >= 0.6 is 0 Å². The molecule has 3 rings (SSSR count). The summed E-state index contributed by atoms with van der Waals surface area (Å²) in [6.07, 6.45) is -2.13. The molecule has 0 saturated carbocycles. The van der Waals surface area contributed by atoms with Crippen molar-refractivity contribution in [1.82, 2.24) is 20.3 Å². The number of aryl methyl sites for hydroxylation is 1. The van der Waals surface area contributed by atoms with E-state index in [4.69, 9.17) is 0 Å². The zero-order chi connectivity index (χ0) is 21.9. The SMILES string of the molecule is CNCC(=O)Nc1cc(-c2cc(-c3cccnc3C(F)(F)F)[nH]c(=O)c2)c(C)cn1. The van der Waals surface area contributed by atoms with Crippen LogP contribution in [-0.4, -0.2) is 34.5 Å². The van der Waals surface area contributed by atoms with Gasteiger partial charge in [0.2, 0.25) is 11.5 Å². The fourth-order valence-electron chi connectivity index (χ4n) is 2.94. The third kappa shape index (κ3) is 4.71. The Hall–Kier alpha value is -3.53. The molecule has 0 aliphatic carbocycles. The van der Waals surface area contributed by atoms with Gasteiger partial charge in [-0.25, -0.2) is 4.98 Å². The topological polar surface area (TPSA) is 99.8 Å². The van der Waals surface area contributed by atoms with Crippen LogP contribution in [0.2, 0.25) is 0 Å². The van der Waals surface area contributed by atoms with Crippen LogP contribution in [0.1, 0.15) is 11.3 Å². The Balaban J connectivity index is 2.10. The number of hydrogen-bond donors (Lipinski definition) is 3. The number of carbonyl (C=O) groups is 1. The fraction of sp³-hybridized carbons (Fsp3) is 0.200. The van der Waals surface area contributed by atoms with Crippen LogP contribution in [0.15, 0.2) is 47.5 Å². The molecule has 0 radical (unpaired) electrons. The lowest BCUT2D eigenvalue weighted by Gasteiger charge is -2.13. The Bertz CT molecular complexity index is 1140. The first-order valence-electron chi connectivity index (χ1n) is 8.87. The van der Waals surface area contributed by atoms with Crippen LogP contribution in [-0.2, 0) is 11.0 Å². The molecular formula is C20H18F3N5O2. The molecule has 0 bridgehead atoms. The van der Waals surface area contributed by atoms with Crippen molar-refractivity contribution >= 4 is 11.7 Å². The van der Waals surface area contributed by atoms with E-state index in [9.17, 15) is 22.8 Å². The molecule has 0 fully saturated rings. The number of nitrogens with zero attached hydrogens (tertiary/aromatic N) is 2. The van der Waals surface area contributed by atoms with E-state index in [0.717, 1.165) is 6.20 Å². The smallest absolute Gasteiger partial charge is 0.322 e. The summed E-state index contributed by atoms with van der Waals surface area (Å²) in [5.41, 5.74) is -0.307. The zero-order valence-corrected chi connectivity index (χ0v) is 16.1. The van der Waals surface area contributed by atoms with Gasteiger partial charge in [-0.05, 0) is 54.9 Å². The first kappa shape index (κ1) is 21.2. The maximum atomic E-state index is 13.4. The number of carbonyl (C=O) groups excluding carboxylic acids is 1. The van der Waals surface area contributed by atoms with Gasteiger partial charge in [0.25, 0.3) is 0 Å².